The number of methoxy groups -OCH3 is 1. The summed E-state index contributed by atoms with van der Waals surface area (Å²) in [7, 11) is 1.27. The Morgan fingerprint density at radius 1 is 1.18 bits per heavy atom. The van der Waals surface area contributed by atoms with Gasteiger partial charge in [0, 0.05) is 5.02 Å². The highest BCUT2D eigenvalue weighted by atomic mass is 35.5. The van der Waals surface area contributed by atoms with Crippen LogP contribution in [0.25, 0.3) is 11.0 Å². The predicted molar refractivity (Wildman–Crippen MR) is 105 cm³/mol. The van der Waals surface area contributed by atoms with Crippen LogP contribution >= 0.6 is 11.6 Å². The van der Waals surface area contributed by atoms with Crippen LogP contribution in [0.2, 0.25) is 5.02 Å². The fraction of sp³-hybridized carbons (Fsp3) is 0.200. The zero-order valence-corrected chi connectivity index (χ0v) is 15.8. The molecule has 0 spiro atoms. The lowest BCUT2D eigenvalue weighted by Crippen LogP contribution is -2.36. The van der Waals surface area contributed by atoms with Crippen molar-refractivity contribution in [3.63, 3.8) is 0 Å². The molecule has 7 nitrogen and oxygen atoms in total. The maximum Gasteiger partial charge on any atom is 0.307 e. The van der Waals surface area contributed by atoms with Gasteiger partial charge in [-0.1, -0.05) is 41.9 Å². The predicted octanol–water partition coefficient (Wildman–Crippen LogP) is 2.47. The van der Waals surface area contributed by atoms with E-state index >= 15 is 0 Å². The third kappa shape index (κ3) is 4.37. The molecule has 144 valence electrons. The minimum absolute atomic E-state index is 0.0854. The molecule has 2 aromatic carbocycles. The molecule has 0 saturated carbocycles. The Morgan fingerprint density at radius 2 is 1.89 bits per heavy atom. The Morgan fingerprint density at radius 3 is 2.64 bits per heavy atom. The number of aromatic nitrogens is 2. The number of carbonyl (C=O) groups is 2. The lowest BCUT2D eigenvalue weighted by molar-refractivity contribution is -0.141. The van der Waals surface area contributed by atoms with Gasteiger partial charge in [-0.25, -0.2) is 4.98 Å². The first-order valence-corrected chi connectivity index (χ1v) is 8.92. The Hall–Kier alpha value is -3.19. The van der Waals surface area contributed by atoms with Crippen molar-refractivity contribution >= 4 is 34.5 Å². The van der Waals surface area contributed by atoms with Gasteiger partial charge in [0.25, 0.3) is 5.56 Å². The quantitative estimate of drug-likeness (QED) is 0.643. The number of hydrogen-bond donors (Lipinski definition) is 1. The molecular formula is C20H18ClN3O4. The first-order chi connectivity index (χ1) is 13.5. The van der Waals surface area contributed by atoms with Crippen LogP contribution in [-0.4, -0.2) is 28.5 Å². The molecule has 3 aromatic rings. The SMILES string of the molecule is COC(=O)CC(NC(=O)Cn1c(=O)cnc2ccccc21)c1ccccc1Cl. The van der Waals surface area contributed by atoms with E-state index in [1.165, 1.54) is 17.9 Å². The van der Waals surface area contributed by atoms with E-state index in [-0.39, 0.29) is 13.0 Å². The molecule has 3 rings (SSSR count). The average Bonchev–Trinajstić information content (AvgIpc) is 2.70. The topological polar surface area (TPSA) is 90.3 Å². The summed E-state index contributed by atoms with van der Waals surface area (Å²) in [6.07, 6.45) is 1.09. The number of fused-ring (bicyclic) bond motifs is 1. The Balaban J connectivity index is 1.87. The van der Waals surface area contributed by atoms with Gasteiger partial charge in [-0.2, -0.15) is 0 Å². The summed E-state index contributed by atoms with van der Waals surface area (Å²) >= 11 is 6.23. The highest BCUT2D eigenvalue weighted by Gasteiger charge is 2.21. The van der Waals surface area contributed by atoms with Crippen LogP contribution < -0.4 is 10.9 Å². The van der Waals surface area contributed by atoms with Gasteiger partial charge in [0.2, 0.25) is 5.91 Å². The highest BCUT2D eigenvalue weighted by Crippen LogP contribution is 2.25. The van der Waals surface area contributed by atoms with Crippen molar-refractivity contribution in [1.82, 2.24) is 14.9 Å². The van der Waals surface area contributed by atoms with Crippen molar-refractivity contribution < 1.29 is 14.3 Å². The van der Waals surface area contributed by atoms with Crippen molar-refractivity contribution in [2.24, 2.45) is 0 Å². The molecule has 0 aliphatic heterocycles. The van der Waals surface area contributed by atoms with Crippen LogP contribution in [-0.2, 0) is 20.9 Å². The van der Waals surface area contributed by atoms with Gasteiger partial charge in [0.05, 0.1) is 36.8 Å². The normalized spacial score (nSPS) is 11.8. The van der Waals surface area contributed by atoms with E-state index in [0.29, 0.717) is 21.6 Å². The maximum absolute atomic E-state index is 12.7. The first-order valence-electron chi connectivity index (χ1n) is 8.55. The van der Waals surface area contributed by atoms with Crippen LogP contribution in [0.4, 0.5) is 0 Å². The molecule has 1 heterocycles. The minimum atomic E-state index is -0.683. The second-order valence-electron chi connectivity index (χ2n) is 6.09. The molecular weight excluding hydrogens is 382 g/mol. The van der Waals surface area contributed by atoms with Crippen molar-refractivity contribution in [2.45, 2.75) is 19.0 Å². The standard InChI is InChI=1S/C20H18ClN3O4/c1-28-20(27)10-16(13-6-2-3-7-14(13)21)23-18(25)12-24-17-9-5-4-8-15(17)22-11-19(24)26/h2-9,11,16H,10,12H2,1H3,(H,23,25). The highest BCUT2D eigenvalue weighted by molar-refractivity contribution is 6.31. The lowest BCUT2D eigenvalue weighted by Gasteiger charge is -2.20. The number of para-hydroxylation sites is 2. The summed E-state index contributed by atoms with van der Waals surface area (Å²) in [6.45, 7) is -0.218. The van der Waals surface area contributed by atoms with E-state index in [0.717, 1.165) is 0 Å². The molecule has 1 amide bonds. The minimum Gasteiger partial charge on any atom is -0.469 e. The van der Waals surface area contributed by atoms with E-state index in [2.05, 4.69) is 10.3 Å². The van der Waals surface area contributed by atoms with Crippen molar-refractivity contribution in [2.75, 3.05) is 7.11 Å². The second kappa shape index (κ2) is 8.67. The maximum atomic E-state index is 12.7. The fourth-order valence-electron chi connectivity index (χ4n) is 2.91. The number of hydrogen-bond acceptors (Lipinski definition) is 5. The summed E-state index contributed by atoms with van der Waals surface area (Å²) in [4.78, 5) is 40.8. The van der Waals surface area contributed by atoms with Gasteiger partial charge in [0.15, 0.2) is 0 Å². The lowest BCUT2D eigenvalue weighted by atomic mass is 10.0. The summed E-state index contributed by atoms with van der Waals surface area (Å²) in [5.74, 6) is -0.927. The van der Waals surface area contributed by atoms with Crippen LogP contribution in [0.5, 0.6) is 0 Å². The number of halogens is 1. The summed E-state index contributed by atoms with van der Waals surface area (Å²) in [6, 6.07) is 13.3. The molecule has 1 aromatic heterocycles. The number of amides is 1. The van der Waals surface area contributed by atoms with Gasteiger partial charge in [-0.15, -0.1) is 0 Å². The smallest absolute Gasteiger partial charge is 0.307 e. The summed E-state index contributed by atoms with van der Waals surface area (Å²) < 4.78 is 6.05. The fourth-order valence-corrected chi connectivity index (χ4v) is 3.18. The Kier molecular flexibility index (Phi) is 6.06. The van der Waals surface area contributed by atoms with Crippen molar-refractivity contribution in [1.29, 1.82) is 0 Å². The Bertz CT molecular complexity index is 1080. The van der Waals surface area contributed by atoms with Gasteiger partial charge in [-0.05, 0) is 23.8 Å². The van der Waals surface area contributed by atoms with Gasteiger partial charge in [0.1, 0.15) is 6.54 Å². The first kappa shape index (κ1) is 19.6. The number of rotatable bonds is 6. The molecule has 1 unspecified atom stereocenters. The van der Waals surface area contributed by atoms with Crippen LogP contribution in [0.15, 0.2) is 59.5 Å². The third-order valence-electron chi connectivity index (χ3n) is 4.27. The second-order valence-corrected chi connectivity index (χ2v) is 6.50. The molecule has 28 heavy (non-hydrogen) atoms. The van der Waals surface area contributed by atoms with Gasteiger partial charge < -0.3 is 10.1 Å². The number of ether oxygens (including phenoxy) is 1. The van der Waals surface area contributed by atoms with E-state index in [4.69, 9.17) is 16.3 Å². The van der Waals surface area contributed by atoms with Crippen molar-refractivity contribution in [3.8, 4) is 0 Å². The number of benzene rings is 2. The van der Waals surface area contributed by atoms with E-state index < -0.39 is 23.5 Å². The monoisotopic (exact) mass is 399 g/mol. The van der Waals surface area contributed by atoms with Crippen molar-refractivity contribution in [3.05, 3.63) is 75.7 Å². The van der Waals surface area contributed by atoms with Gasteiger partial charge in [-0.3, -0.25) is 19.0 Å². The van der Waals surface area contributed by atoms with Gasteiger partial charge >= 0.3 is 5.97 Å². The van der Waals surface area contributed by atoms with Crippen LogP contribution in [0, 0.1) is 0 Å². The number of nitrogens with one attached hydrogen (secondary N) is 1. The van der Waals surface area contributed by atoms with E-state index in [9.17, 15) is 14.4 Å². The molecule has 0 bridgehead atoms. The number of esters is 1. The summed E-state index contributed by atoms with van der Waals surface area (Å²) in [5.41, 5.74) is 1.35. The number of carbonyl (C=O) groups excluding carboxylic acids is 2. The molecule has 1 N–H and O–H groups in total. The average molecular weight is 400 g/mol. The van der Waals surface area contributed by atoms with Crippen LogP contribution in [0.3, 0.4) is 0 Å². The molecule has 0 aliphatic rings. The summed E-state index contributed by atoms with van der Waals surface area (Å²) in [5, 5.41) is 3.20. The molecule has 8 heteroatoms. The van der Waals surface area contributed by atoms with Crippen LogP contribution in [0.1, 0.15) is 18.0 Å². The molecule has 0 saturated heterocycles. The third-order valence-corrected chi connectivity index (χ3v) is 4.61. The molecule has 0 aliphatic carbocycles. The zero-order chi connectivity index (χ0) is 20.1. The molecule has 0 radical (unpaired) electrons. The zero-order valence-electron chi connectivity index (χ0n) is 15.1. The molecule has 1 atom stereocenters. The number of nitrogens with zero attached hydrogens (tertiary/aromatic N) is 2. The molecule has 0 fully saturated rings. The van der Waals surface area contributed by atoms with E-state index in [1.54, 1.807) is 48.5 Å². The Labute approximate surface area is 165 Å². The largest absolute Gasteiger partial charge is 0.469 e. The van der Waals surface area contributed by atoms with E-state index in [1.807, 2.05) is 0 Å².